The number of Topliss-reactive ketones (excluding diaryl/α,β-unsaturated/α-hetero) is 3. The van der Waals surface area contributed by atoms with Crippen LogP contribution >= 0.6 is 0 Å². The van der Waals surface area contributed by atoms with E-state index in [4.69, 9.17) is 9.29 Å². The topological polar surface area (TPSA) is 132 Å². The van der Waals surface area contributed by atoms with E-state index in [0.29, 0.717) is 38.5 Å². The van der Waals surface area contributed by atoms with Gasteiger partial charge in [-0.05, 0) is 60.7 Å². The summed E-state index contributed by atoms with van der Waals surface area (Å²) in [5, 5.41) is 0. The quantitative estimate of drug-likeness (QED) is 0.300. The number of carbonyl (C=O) groups is 4. The molecule has 9 atom stereocenters. The molecule has 4 rings (SSSR count). The number of rotatable bonds is 9. The Morgan fingerprint density at radius 1 is 1.12 bits per heavy atom. The number of esters is 1. The summed E-state index contributed by atoms with van der Waals surface area (Å²) in [6.45, 7) is 5.09. The standard InChI is InChI=1S/C28H39F3O8S/c1-15(4-7-23(35)39-11-10-28(30,31)25(29)40(36,37)38)18-5-6-19-24-20(14-22(34)27(18,19)3)26(2)9-8-17(32)12-16(26)13-21(24)33/h15-16,18-20,24-25H,4-14H2,1-3H3,(H,36,37,38)/t15-,16+,18-,19+,20+,24+,25?,26+,27-/m1/s1. The summed E-state index contributed by atoms with van der Waals surface area (Å²) in [6.07, 6.45) is 2.51. The van der Waals surface area contributed by atoms with Gasteiger partial charge in [0.1, 0.15) is 17.3 Å². The van der Waals surface area contributed by atoms with Gasteiger partial charge in [0.15, 0.2) is 0 Å². The normalized spacial score (nSPS) is 37.8. The molecule has 0 aromatic heterocycles. The Hall–Kier alpha value is -1.82. The smallest absolute Gasteiger partial charge is 0.305 e. The van der Waals surface area contributed by atoms with Gasteiger partial charge in [-0.2, -0.15) is 8.42 Å². The minimum atomic E-state index is -5.60. The molecule has 0 heterocycles. The first-order valence-corrected chi connectivity index (χ1v) is 15.6. The molecule has 0 aromatic rings. The molecule has 12 heteroatoms. The van der Waals surface area contributed by atoms with Gasteiger partial charge in [0, 0.05) is 49.9 Å². The second-order valence-corrected chi connectivity index (χ2v) is 14.5. The van der Waals surface area contributed by atoms with Gasteiger partial charge in [-0.1, -0.05) is 20.8 Å². The molecule has 0 aromatic carbocycles. The molecule has 226 valence electrons. The van der Waals surface area contributed by atoms with Crippen LogP contribution in [-0.4, -0.2) is 54.3 Å². The SMILES string of the molecule is C[C@H](CCC(=O)OCCC(F)(F)C(F)S(=O)(=O)O)[C@H]1CC[C@H]2[C@@H]3C(=O)C[C@@H]4CC(=O)CC[C@]4(C)[C@H]3CC(=O)[C@]12C. The fourth-order valence-corrected chi connectivity index (χ4v) is 9.19. The Morgan fingerprint density at radius 3 is 2.45 bits per heavy atom. The molecule has 0 saturated heterocycles. The molecule has 0 radical (unpaired) electrons. The van der Waals surface area contributed by atoms with Crippen LogP contribution in [0.1, 0.15) is 85.0 Å². The molecule has 0 bridgehead atoms. The molecule has 0 aliphatic heterocycles. The van der Waals surface area contributed by atoms with Crippen molar-refractivity contribution in [1.82, 2.24) is 0 Å². The van der Waals surface area contributed by atoms with E-state index in [2.05, 4.69) is 6.92 Å². The van der Waals surface area contributed by atoms with E-state index >= 15 is 0 Å². The average Bonchev–Trinajstić information content (AvgIpc) is 3.21. The first kappa shape index (κ1) is 31.1. The molecule has 1 N–H and O–H groups in total. The van der Waals surface area contributed by atoms with Crippen LogP contribution in [0.5, 0.6) is 0 Å². The summed E-state index contributed by atoms with van der Waals surface area (Å²) in [5.74, 6) is -5.33. The van der Waals surface area contributed by atoms with Crippen LogP contribution in [-0.2, 0) is 34.0 Å². The number of hydrogen-bond acceptors (Lipinski definition) is 7. The highest BCUT2D eigenvalue weighted by molar-refractivity contribution is 7.86. The van der Waals surface area contributed by atoms with Crippen LogP contribution in [0, 0.1) is 46.3 Å². The average molecular weight is 593 g/mol. The fraction of sp³-hybridized carbons (Fsp3) is 0.857. The summed E-state index contributed by atoms with van der Waals surface area (Å²) in [4.78, 5) is 51.6. The monoisotopic (exact) mass is 592 g/mol. The second-order valence-electron chi connectivity index (χ2n) is 13.0. The molecule has 4 fully saturated rings. The molecule has 4 aliphatic rings. The molecule has 8 nitrogen and oxygen atoms in total. The Balaban J connectivity index is 1.37. The van der Waals surface area contributed by atoms with Crippen LogP contribution in [0.2, 0.25) is 0 Å². The van der Waals surface area contributed by atoms with Crippen molar-refractivity contribution in [3.63, 3.8) is 0 Å². The fourth-order valence-electron chi connectivity index (χ4n) is 8.64. The largest absolute Gasteiger partial charge is 0.465 e. The Kier molecular flexibility index (Phi) is 8.39. The first-order chi connectivity index (χ1) is 18.4. The zero-order valence-corrected chi connectivity index (χ0v) is 24.0. The van der Waals surface area contributed by atoms with Crippen molar-refractivity contribution in [3.05, 3.63) is 0 Å². The predicted molar refractivity (Wildman–Crippen MR) is 136 cm³/mol. The maximum atomic E-state index is 13.8. The summed E-state index contributed by atoms with van der Waals surface area (Å²) in [6, 6.07) is 0. The van der Waals surface area contributed by atoms with Crippen molar-refractivity contribution >= 4 is 33.4 Å². The third kappa shape index (κ3) is 5.39. The summed E-state index contributed by atoms with van der Waals surface area (Å²) in [7, 11) is -5.60. The van der Waals surface area contributed by atoms with E-state index in [1.165, 1.54) is 0 Å². The lowest BCUT2D eigenvalue weighted by Gasteiger charge is -2.58. The summed E-state index contributed by atoms with van der Waals surface area (Å²) >= 11 is 0. The number of fused-ring (bicyclic) bond motifs is 5. The van der Waals surface area contributed by atoms with Crippen LogP contribution in [0.4, 0.5) is 13.2 Å². The minimum Gasteiger partial charge on any atom is -0.465 e. The van der Waals surface area contributed by atoms with Gasteiger partial charge in [-0.3, -0.25) is 23.7 Å². The molecule has 1 unspecified atom stereocenters. The van der Waals surface area contributed by atoms with Gasteiger partial charge in [-0.25, -0.2) is 13.2 Å². The van der Waals surface area contributed by atoms with Crippen LogP contribution in [0.15, 0.2) is 0 Å². The van der Waals surface area contributed by atoms with Crippen molar-refractivity contribution < 1.29 is 50.1 Å². The van der Waals surface area contributed by atoms with E-state index < -0.39 is 46.0 Å². The van der Waals surface area contributed by atoms with E-state index in [9.17, 15) is 40.8 Å². The highest BCUT2D eigenvalue weighted by Crippen LogP contribution is 2.66. The zero-order chi connectivity index (χ0) is 29.8. The van der Waals surface area contributed by atoms with Crippen molar-refractivity contribution in [2.75, 3.05) is 6.61 Å². The van der Waals surface area contributed by atoms with Gasteiger partial charge in [0.05, 0.1) is 6.61 Å². The molecular weight excluding hydrogens is 553 g/mol. The van der Waals surface area contributed by atoms with Crippen LogP contribution in [0.25, 0.3) is 0 Å². The molecule has 4 aliphatic carbocycles. The molecule has 4 saturated carbocycles. The van der Waals surface area contributed by atoms with Crippen molar-refractivity contribution in [1.29, 1.82) is 0 Å². The van der Waals surface area contributed by atoms with Gasteiger partial charge >= 0.3 is 16.1 Å². The minimum absolute atomic E-state index is 0.00873. The Morgan fingerprint density at radius 2 is 1.80 bits per heavy atom. The highest BCUT2D eigenvalue weighted by Gasteiger charge is 2.66. The summed E-state index contributed by atoms with van der Waals surface area (Å²) < 4.78 is 75.1. The Labute approximate surface area is 232 Å². The maximum absolute atomic E-state index is 13.8. The van der Waals surface area contributed by atoms with Gasteiger partial charge in [0.25, 0.3) is 11.4 Å². The number of alkyl halides is 3. The Bertz CT molecular complexity index is 1170. The lowest BCUT2D eigenvalue weighted by atomic mass is 9.44. The lowest BCUT2D eigenvalue weighted by molar-refractivity contribution is -0.166. The number of hydrogen-bond donors (Lipinski definition) is 1. The van der Waals surface area contributed by atoms with Gasteiger partial charge in [0.2, 0.25) is 0 Å². The lowest BCUT2D eigenvalue weighted by Crippen LogP contribution is -2.60. The van der Waals surface area contributed by atoms with Crippen LogP contribution < -0.4 is 0 Å². The number of carbonyl (C=O) groups excluding carboxylic acids is 4. The van der Waals surface area contributed by atoms with Gasteiger partial charge in [-0.15, -0.1) is 0 Å². The third-order valence-electron chi connectivity index (χ3n) is 11.0. The molecule has 0 amide bonds. The zero-order valence-electron chi connectivity index (χ0n) is 23.2. The van der Waals surface area contributed by atoms with Crippen molar-refractivity contribution in [3.8, 4) is 0 Å². The number of ketones is 3. The van der Waals surface area contributed by atoms with Crippen molar-refractivity contribution in [2.45, 2.75) is 96.4 Å². The maximum Gasteiger partial charge on any atom is 0.305 e. The third-order valence-corrected chi connectivity index (χ3v) is 11.9. The highest BCUT2D eigenvalue weighted by atomic mass is 32.2. The van der Waals surface area contributed by atoms with Crippen LogP contribution in [0.3, 0.4) is 0 Å². The molecule has 0 spiro atoms. The van der Waals surface area contributed by atoms with Gasteiger partial charge < -0.3 is 4.74 Å². The van der Waals surface area contributed by atoms with E-state index in [1.54, 1.807) is 0 Å². The van der Waals surface area contributed by atoms with E-state index in [-0.39, 0.29) is 64.7 Å². The number of ether oxygens (including phenoxy) is 1. The predicted octanol–water partition coefficient (Wildman–Crippen LogP) is 4.74. The number of halogens is 3. The van der Waals surface area contributed by atoms with E-state index in [1.807, 2.05) is 13.8 Å². The summed E-state index contributed by atoms with van der Waals surface area (Å²) in [5.41, 5.74) is -4.74. The molecule has 40 heavy (non-hydrogen) atoms. The first-order valence-electron chi connectivity index (χ1n) is 14.1. The van der Waals surface area contributed by atoms with Crippen molar-refractivity contribution in [2.24, 2.45) is 46.3 Å². The van der Waals surface area contributed by atoms with E-state index in [0.717, 1.165) is 12.8 Å². The molecular formula is C28H39F3O8S. The second kappa shape index (κ2) is 10.8.